The molecular weight excluding hydrogens is 408 g/mol. The van der Waals surface area contributed by atoms with E-state index in [0.717, 1.165) is 17.5 Å². The van der Waals surface area contributed by atoms with Crippen LogP contribution in [0.2, 0.25) is 0 Å². The summed E-state index contributed by atoms with van der Waals surface area (Å²) in [5, 5.41) is 2.91. The first-order valence-corrected chi connectivity index (χ1v) is 10.9. The summed E-state index contributed by atoms with van der Waals surface area (Å²) in [6, 6.07) is 12.4. The molecule has 7 nitrogen and oxygen atoms in total. The van der Waals surface area contributed by atoms with E-state index in [1.165, 1.54) is 0 Å². The van der Waals surface area contributed by atoms with Crippen LogP contribution < -0.4 is 19.5 Å². The molecule has 0 radical (unpaired) electrons. The lowest BCUT2D eigenvalue weighted by Gasteiger charge is -2.30. The molecule has 0 aliphatic carbocycles. The first-order valence-electron chi connectivity index (χ1n) is 10.9. The quantitative estimate of drug-likeness (QED) is 0.542. The van der Waals surface area contributed by atoms with Crippen LogP contribution in [0.15, 0.2) is 42.5 Å². The third kappa shape index (κ3) is 7.18. The molecule has 1 unspecified atom stereocenters. The summed E-state index contributed by atoms with van der Waals surface area (Å²) in [5.41, 5.74) is 2.06. The zero-order valence-corrected chi connectivity index (χ0v) is 19.6. The second-order valence-corrected chi connectivity index (χ2v) is 7.56. The Morgan fingerprint density at radius 1 is 1.00 bits per heavy atom. The smallest absolute Gasteiger partial charge is 0.261 e. The normalized spacial score (nSPS) is 11.4. The van der Waals surface area contributed by atoms with Crippen LogP contribution in [0.5, 0.6) is 17.2 Å². The van der Waals surface area contributed by atoms with Gasteiger partial charge >= 0.3 is 0 Å². The number of nitrogens with one attached hydrogen (secondary N) is 1. The molecule has 2 amide bonds. The predicted molar refractivity (Wildman–Crippen MR) is 124 cm³/mol. The van der Waals surface area contributed by atoms with Crippen molar-refractivity contribution in [2.45, 2.75) is 46.2 Å². The minimum atomic E-state index is -0.585. The molecule has 174 valence electrons. The van der Waals surface area contributed by atoms with Crippen molar-refractivity contribution in [2.24, 2.45) is 0 Å². The Balaban J connectivity index is 2.23. The van der Waals surface area contributed by atoms with Gasteiger partial charge in [-0.2, -0.15) is 0 Å². The molecule has 0 spiro atoms. The molecule has 0 bridgehead atoms. The SMILES string of the molecule is CCCNC(=O)C(CC)N(Cc1cccc(C)c1)C(=O)COc1cc(OC)cc(OC)c1. The number of hydrogen-bond donors (Lipinski definition) is 1. The number of amides is 2. The maximum absolute atomic E-state index is 13.3. The Morgan fingerprint density at radius 3 is 2.22 bits per heavy atom. The molecule has 2 aromatic carbocycles. The molecule has 0 aromatic heterocycles. The van der Waals surface area contributed by atoms with Crippen molar-refractivity contribution in [2.75, 3.05) is 27.4 Å². The van der Waals surface area contributed by atoms with Gasteiger partial charge in [0.2, 0.25) is 5.91 Å². The molecule has 1 atom stereocenters. The summed E-state index contributed by atoms with van der Waals surface area (Å²) >= 11 is 0. The highest BCUT2D eigenvalue weighted by Gasteiger charge is 2.28. The van der Waals surface area contributed by atoms with Crippen LogP contribution in [0, 0.1) is 6.92 Å². The minimum absolute atomic E-state index is 0.154. The lowest BCUT2D eigenvalue weighted by atomic mass is 10.1. The Kier molecular flexibility index (Phi) is 9.85. The van der Waals surface area contributed by atoms with Crippen LogP contribution >= 0.6 is 0 Å². The zero-order chi connectivity index (χ0) is 23.5. The monoisotopic (exact) mass is 442 g/mol. The van der Waals surface area contributed by atoms with Gasteiger partial charge in [0.05, 0.1) is 14.2 Å². The zero-order valence-electron chi connectivity index (χ0n) is 19.6. The van der Waals surface area contributed by atoms with Gasteiger partial charge in [0.1, 0.15) is 23.3 Å². The van der Waals surface area contributed by atoms with Gasteiger partial charge in [-0.15, -0.1) is 0 Å². The fourth-order valence-corrected chi connectivity index (χ4v) is 3.39. The second kappa shape index (κ2) is 12.6. The average Bonchev–Trinajstić information content (AvgIpc) is 2.80. The van der Waals surface area contributed by atoms with Crippen molar-refractivity contribution < 1.29 is 23.8 Å². The van der Waals surface area contributed by atoms with E-state index in [-0.39, 0.29) is 18.4 Å². The van der Waals surface area contributed by atoms with Crippen LogP contribution in [0.1, 0.15) is 37.8 Å². The van der Waals surface area contributed by atoms with Crippen molar-refractivity contribution in [1.29, 1.82) is 0 Å². The van der Waals surface area contributed by atoms with Crippen molar-refractivity contribution in [3.8, 4) is 17.2 Å². The summed E-state index contributed by atoms with van der Waals surface area (Å²) in [6.07, 6.45) is 1.33. The Labute approximate surface area is 190 Å². The van der Waals surface area contributed by atoms with Crippen LogP contribution in [-0.2, 0) is 16.1 Å². The van der Waals surface area contributed by atoms with Gasteiger partial charge in [-0.3, -0.25) is 9.59 Å². The van der Waals surface area contributed by atoms with Crippen LogP contribution in [-0.4, -0.2) is 50.1 Å². The van der Waals surface area contributed by atoms with E-state index >= 15 is 0 Å². The highest BCUT2D eigenvalue weighted by molar-refractivity contribution is 5.88. The summed E-state index contributed by atoms with van der Waals surface area (Å²) in [6.45, 7) is 6.58. The molecule has 2 rings (SSSR count). The van der Waals surface area contributed by atoms with Gasteiger partial charge in [-0.1, -0.05) is 43.7 Å². The highest BCUT2D eigenvalue weighted by Crippen LogP contribution is 2.27. The van der Waals surface area contributed by atoms with Gasteiger partial charge in [-0.05, 0) is 25.3 Å². The molecule has 32 heavy (non-hydrogen) atoms. The minimum Gasteiger partial charge on any atom is -0.496 e. The lowest BCUT2D eigenvalue weighted by molar-refractivity contribution is -0.143. The van der Waals surface area contributed by atoms with Crippen LogP contribution in [0.3, 0.4) is 0 Å². The van der Waals surface area contributed by atoms with E-state index in [9.17, 15) is 9.59 Å². The predicted octanol–water partition coefficient (Wildman–Crippen LogP) is 3.72. The van der Waals surface area contributed by atoms with Gasteiger partial charge in [0, 0.05) is 31.3 Å². The standard InChI is InChI=1S/C25H34N2O5/c1-6-11-26-25(29)23(7-2)27(16-19-10-8-9-18(3)12-19)24(28)17-32-22-14-20(30-4)13-21(15-22)31-5/h8-10,12-15,23H,6-7,11,16-17H2,1-5H3,(H,26,29). The maximum Gasteiger partial charge on any atom is 0.261 e. The molecule has 0 aliphatic heterocycles. The molecule has 0 saturated carbocycles. The maximum atomic E-state index is 13.3. The van der Waals surface area contributed by atoms with Gasteiger partial charge in [0.25, 0.3) is 5.91 Å². The van der Waals surface area contributed by atoms with Crippen molar-refractivity contribution in [1.82, 2.24) is 10.2 Å². The number of hydrogen-bond acceptors (Lipinski definition) is 5. The van der Waals surface area contributed by atoms with Gasteiger partial charge < -0.3 is 24.4 Å². The van der Waals surface area contributed by atoms with Crippen LogP contribution in [0.25, 0.3) is 0 Å². The Bertz CT molecular complexity index is 877. The number of carbonyl (C=O) groups excluding carboxylic acids is 2. The first kappa shape index (κ1) is 25.0. The third-order valence-electron chi connectivity index (χ3n) is 5.06. The molecule has 7 heteroatoms. The highest BCUT2D eigenvalue weighted by atomic mass is 16.5. The van der Waals surface area contributed by atoms with E-state index in [4.69, 9.17) is 14.2 Å². The third-order valence-corrected chi connectivity index (χ3v) is 5.06. The summed E-state index contributed by atoms with van der Waals surface area (Å²) in [7, 11) is 3.10. The molecule has 2 aromatic rings. The van der Waals surface area contributed by atoms with Gasteiger partial charge in [-0.25, -0.2) is 0 Å². The fourth-order valence-electron chi connectivity index (χ4n) is 3.39. The number of nitrogens with zero attached hydrogens (tertiary/aromatic N) is 1. The van der Waals surface area contributed by atoms with E-state index in [2.05, 4.69) is 5.32 Å². The molecule has 1 N–H and O–H groups in total. The molecule has 0 fully saturated rings. The average molecular weight is 443 g/mol. The van der Waals surface area contributed by atoms with Crippen molar-refractivity contribution in [3.63, 3.8) is 0 Å². The molecule has 0 heterocycles. The van der Waals surface area contributed by atoms with Crippen molar-refractivity contribution in [3.05, 3.63) is 53.6 Å². The van der Waals surface area contributed by atoms with E-state index in [1.807, 2.05) is 45.0 Å². The Morgan fingerprint density at radius 2 is 1.66 bits per heavy atom. The second-order valence-electron chi connectivity index (χ2n) is 7.56. The molecule has 0 aliphatic rings. The number of ether oxygens (including phenoxy) is 3. The van der Waals surface area contributed by atoms with E-state index in [0.29, 0.717) is 36.8 Å². The number of benzene rings is 2. The van der Waals surface area contributed by atoms with Crippen molar-refractivity contribution >= 4 is 11.8 Å². The first-order chi connectivity index (χ1) is 15.4. The number of methoxy groups -OCH3 is 2. The summed E-state index contributed by atoms with van der Waals surface area (Å²) in [5.74, 6) is 1.15. The number of rotatable bonds is 12. The van der Waals surface area contributed by atoms with Crippen LogP contribution in [0.4, 0.5) is 0 Å². The van der Waals surface area contributed by atoms with E-state index in [1.54, 1.807) is 37.3 Å². The number of aryl methyl sites for hydroxylation is 1. The largest absolute Gasteiger partial charge is 0.496 e. The fraction of sp³-hybridized carbons (Fsp3) is 0.440. The van der Waals surface area contributed by atoms with Gasteiger partial charge in [0.15, 0.2) is 6.61 Å². The topological polar surface area (TPSA) is 77.1 Å². The molecule has 0 saturated heterocycles. The lowest BCUT2D eigenvalue weighted by Crippen LogP contribution is -2.50. The Hall–Kier alpha value is -3.22. The van der Waals surface area contributed by atoms with E-state index < -0.39 is 6.04 Å². The summed E-state index contributed by atoms with van der Waals surface area (Å²) in [4.78, 5) is 27.6. The molecular formula is C25H34N2O5. The number of carbonyl (C=O) groups is 2. The summed E-state index contributed by atoms with van der Waals surface area (Å²) < 4.78 is 16.3.